The minimum Gasteiger partial charge on any atom is -0.481 e. The lowest BCUT2D eigenvalue weighted by Gasteiger charge is -2.25. The molecule has 0 bridgehead atoms. The molecule has 0 atom stereocenters. The maximum atomic E-state index is 11.0. The van der Waals surface area contributed by atoms with E-state index in [1.165, 1.54) is 0 Å². The molecule has 0 aromatic carbocycles. The van der Waals surface area contributed by atoms with Crippen molar-refractivity contribution in [1.82, 2.24) is 5.32 Å². The summed E-state index contributed by atoms with van der Waals surface area (Å²) in [6, 6.07) is 0.509. The molecule has 0 rings (SSSR count). The summed E-state index contributed by atoms with van der Waals surface area (Å²) in [6.07, 6.45) is 2.99. The molecule has 18 heavy (non-hydrogen) atoms. The quantitative estimate of drug-likeness (QED) is 0.664. The third-order valence-electron chi connectivity index (χ3n) is 3.27. The number of carboxylic acids is 1. The normalized spacial score (nSPS) is 12.7. The molecule has 0 heterocycles. The maximum absolute atomic E-state index is 11.0. The van der Waals surface area contributed by atoms with Gasteiger partial charge in [-0.3, -0.25) is 4.79 Å². The van der Waals surface area contributed by atoms with E-state index in [4.69, 9.17) is 5.11 Å². The van der Waals surface area contributed by atoms with Crippen LogP contribution in [0.3, 0.4) is 0 Å². The fourth-order valence-corrected chi connectivity index (χ4v) is 2.10. The van der Waals surface area contributed by atoms with Crippen LogP contribution in [0.15, 0.2) is 0 Å². The summed E-state index contributed by atoms with van der Waals surface area (Å²) in [5.74, 6) is 0.635. The lowest BCUT2D eigenvalue weighted by molar-refractivity contribution is -0.147. The molecule has 0 fully saturated rings. The number of carbonyl (C=O) groups is 1. The molecule has 3 nitrogen and oxygen atoms in total. The lowest BCUT2D eigenvalue weighted by atomic mass is 9.89. The van der Waals surface area contributed by atoms with Crippen LogP contribution in [0, 0.1) is 17.3 Å². The number of carboxylic acid groups (broad SMARTS) is 1. The van der Waals surface area contributed by atoms with Crippen molar-refractivity contribution in [2.75, 3.05) is 6.54 Å². The molecule has 0 saturated carbocycles. The Bertz CT molecular complexity index is 237. The van der Waals surface area contributed by atoms with Gasteiger partial charge in [0.2, 0.25) is 0 Å². The number of nitrogens with one attached hydrogen (secondary N) is 1. The minimum atomic E-state index is -0.714. The Morgan fingerprint density at radius 3 is 1.89 bits per heavy atom. The molecule has 0 unspecified atom stereocenters. The molecule has 0 radical (unpaired) electrons. The minimum absolute atomic E-state index is 0.509. The average Bonchev–Trinajstić information content (AvgIpc) is 2.14. The second-order valence-corrected chi connectivity index (χ2v) is 6.85. The zero-order valence-electron chi connectivity index (χ0n) is 12.9. The Labute approximate surface area is 112 Å². The molecule has 0 aromatic heterocycles. The van der Waals surface area contributed by atoms with Crippen LogP contribution in [0.5, 0.6) is 0 Å². The summed E-state index contributed by atoms with van der Waals surface area (Å²) < 4.78 is 0. The summed E-state index contributed by atoms with van der Waals surface area (Å²) >= 11 is 0. The van der Waals surface area contributed by atoms with Crippen molar-refractivity contribution in [1.29, 1.82) is 0 Å². The number of hydrogen-bond donors (Lipinski definition) is 2. The molecule has 0 saturated heterocycles. The summed E-state index contributed by atoms with van der Waals surface area (Å²) in [4.78, 5) is 11.0. The van der Waals surface area contributed by atoms with Gasteiger partial charge in [0.15, 0.2) is 0 Å². The average molecular weight is 257 g/mol. The van der Waals surface area contributed by atoms with E-state index in [1.807, 2.05) is 0 Å². The third-order valence-corrected chi connectivity index (χ3v) is 3.27. The second-order valence-electron chi connectivity index (χ2n) is 6.85. The van der Waals surface area contributed by atoms with Crippen molar-refractivity contribution in [3.8, 4) is 0 Å². The first-order valence-electron chi connectivity index (χ1n) is 7.12. The van der Waals surface area contributed by atoms with Crippen molar-refractivity contribution >= 4 is 5.97 Å². The highest BCUT2D eigenvalue weighted by Crippen LogP contribution is 2.20. The summed E-state index contributed by atoms with van der Waals surface area (Å²) in [6.45, 7) is 13.3. The van der Waals surface area contributed by atoms with Gasteiger partial charge in [-0.1, -0.05) is 27.7 Å². The van der Waals surface area contributed by atoms with Crippen molar-refractivity contribution in [3.63, 3.8) is 0 Å². The summed E-state index contributed by atoms with van der Waals surface area (Å²) in [5.41, 5.74) is -0.632. The largest absolute Gasteiger partial charge is 0.481 e. The lowest BCUT2D eigenvalue weighted by Crippen LogP contribution is -2.36. The zero-order valence-corrected chi connectivity index (χ0v) is 12.9. The molecule has 0 aliphatic rings. The van der Waals surface area contributed by atoms with E-state index < -0.39 is 11.4 Å². The van der Waals surface area contributed by atoms with E-state index in [1.54, 1.807) is 13.8 Å². The van der Waals surface area contributed by atoms with Crippen LogP contribution in [-0.2, 0) is 4.79 Å². The first-order chi connectivity index (χ1) is 8.15. The van der Waals surface area contributed by atoms with Gasteiger partial charge in [-0.25, -0.2) is 0 Å². The van der Waals surface area contributed by atoms with E-state index in [-0.39, 0.29) is 0 Å². The number of rotatable bonds is 9. The molecule has 0 aromatic rings. The zero-order chi connectivity index (χ0) is 14.3. The van der Waals surface area contributed by atoms with Crippen molar-refractivity contribution in [2.45, 2.75) is 66.8 Å². The smallest absolute Gasteiger partial charge is 0.309 e. The molecular formula is C15H31NO2. The Kier molecular flexibility index (Phi) is 7.53. The fourth-order valence-electron chi connectivity index (χ4n) is 2.10. The highest BCUT2D eigenvalue weighted by Gasteiger charge is 2.26. The van der Waals surface area contributed by atoms with Crippen LogP contribution >= 0.6 is 0 Å². The van der Waals surface area contributed by atoms with E-state index >= 15 is 0 Å². The summed E-state index contributed by atoms with van der Waals surface area (Å²) in [5, 5.41) is 12.6. The van der Waals surface area contributed by atoms with Gasteiger partial charge in [0, 0.05) is 6.04 Å². The Morgan fingerprint density at radius 2 is 1.56 bits per heavy atom. The van der Waals surface area contributed by atoms with Crippen LogP contribution in [-0.4, -0.2) is 23.7 Å². The standard InChI is InChI=1S/C15H31NO2/c1-11(2)9-13(10-12(3)4)16-8-7-15(5,6)14(17)18/h11-13,16H,7-10H2,1-6H3,(H,17,18). The number of aliphatic carboxylic acids is 1. The molecule has 2 N–H and O–H groups in total. The number of hydrogen-bond acceptors (Lipinski definition) is 2. The van der Waals surface area contributed by atoms with Crippen LogP contribution < -0.4 is 5.32 Å². The Hall–Kier alpha value is -0.570. The highest BCUT2D eigenvalue weighted by molar-refractivity contribution is 5.73. The predicted octanol–water partition coefficient (Wildman–Crippen LogP) is 3.54. The SMILES string of the molecule is CC(C)CC(CC(C)C)NCCC(C)(C)C(=O)O. The maximum Gasteiger partial charge on any atom is 0.309 e. The monoisotopic (exact) mass is 257 g/mol. The predicted molar refractivity (Wildman–Crippen MR) is 76.7 cm³/mol. The van der Waals surface area contributed by atoms with Crippen molar-refractivity contribution < 1.29 is 9.90 Å². The molecule has 0 spiro atoms. The van der Waals surface area contributed by atoms with Crippen molar-refractivity contribution in [3.05, 3.63) is 0 Å². The van der Waals surface area contributed by atoms with Gasteiger partial charge in [0.05, 0.1) is 5.41 Å². The van der Waals surface area contributed by atoms with Gasteiger partial charge < -0.3 is 10.4 Å². The summed E-state index contributed by atoms with van der Waals surface area (Å²) in [7, 11) is 0. The molecule has 108 valence electrons. The Morgan fingerprint density at radius 1 is 1.11 bits per heavy atom. The topological polar surface area (TPSA) is 49.3 Å². The van der Waals surface area contributed by atoms with Gasteiger partial charge in [0.1, 0.15) is 0 Å². The highest BCUT2D eigenvalue weighted by atomic mass is 16.4. The molecular weight excluding hydrogens is 226 g/mol. The molecule has 0 aliphatic heterocycles. The molecule has 0 amide bonds. The van der Waals surface area contributed by atoms with Crippen LogP contribution in [0.4, 0.5) is 0 Å². The first kappa shape index (κ1) is 17.4. The van der Waals surface area contributed by atoms with Gasteiger partial charge in [-0.15, -0.1) is 0 Å². The molecule has 0 aliphatic carbocycles. The molecule has 3 heteroatoms. The van der Waals surface area contributed by atoms with Crippen LogP contribution in [0.2, 0.25) is 0 Å². The van der Waals surface area contributed by atoms with E-state index in [2.05, 4.69) is 33.0 Å². The van der Waals surface area contributed by atoms with E-state index in [9.17, 15) is 4.79 Å². The van der Waals surface area contributed by atoms with Gasteiger partial charge in [0.25, 0.3) is 0 Å². The second kappa shape index (κ2) is 7.78. The third kappa shape index (κ3) is 7.70. The first-order valence-corrected chi connectivity index (χ1v) is 7.12. The van der Waals surface area contributed by atoms with E-state index in [0.29, 0.717) is 24.3 Å². The Balaban J connectivity index is 4.14. The van der Waals surface area contributed by atoms with Crippen molar-refractivity contribution in [2.24, 2.45) is 17.3 Å². The fraction of sp³-hybridized carbons (Fsp3) is 0.933. The van der Waals surface area contributed by atoms with Gasteiger partial charge in [-0.2, -0.15) is 0 Å². The van der Waals surface area contributed by atoms with E-state index in [0.717, 1.165) is 19.4 Å². The van der Waals surface area contributed by atoms with Gasteiger partial charge >= 0.3 is 5.97 Å². The van der Waals surface area contributed by atoms with Crippen LogP contribution in [0.1, 0.15) is 60.8 Å². The van der Waals surface area contributed by atoms with Crippen LogP contribution in [0.25, 0.3) is 0 Å². The van der Waals surface area contributed by atoms with Gasteiger partial charge in [-0.05, 0) is 51.5 Å².